The predicted octanol–water partition coefficient (Wildman–Crippen LogP) is 4.18. The normalized spacial score (nSPS) is 14.3. The molecule has 3 rings (SSSR count). The number of hydrogen-bond donors (Lipinski definition) is 0. The van der Waals surface area contributed by atoms with Crippen molar-refractivity contribution < 1.29 is 0 Å². The lowest BCUT2D eigenvalue weighted by Crippen LogP contribution is -2.50. The van der Waals surface area contributed by atoms with E-state index in [2.05, 4.69) is 67.0 Å². The number of piperazine rings is 1. The van der Waals surface area contributed by atoms with Crippen molar-refractivity contribution in [1.29, 1.82) is 0 Å². The largest absolute Gasteiger partial charge is 0.378 e. The summed E-state index contributed by atoms with van der Waals surface area (Å²) in [7, 11) is 4.08. The van der Waals surface area contributed by atoms with Gasteiger partial charge in [-0.15, -0.1) is 0 Å². The Morgan fingerprint density at radius 1 is 0.846 bits per heavy atom. The highest BCUT2D eigenvalue weighted by Crippen LogP contribution is 2.18. The van der Waals surface area contributed by atoms with E-state index in [9.17, 15) is 0 Å². The standard InChI is InChI=1S/C20H22BrN3S2/c1-22(2)18-8-6-15(7-9-18)19(25)23-10-12-24(13-11-23)20(26)16-4-3-5-17(21)14-16/h3-9,14H,10-13H2,1-2H3. The third-order valence-electron chi connectivity index (χ3n) is 4.56. The molecule has 0 spiro atoms. The maximum atomic E-state index is 5.72. The first-order chi connectivity index (χ1) is 12.5. The fourth-order valence-electron chi connectivity index (χ4n) is 3.00. The van der Waals surface area contributed by atoms with Gasteiger partial charge in [-0.1, -0.05) is 52.5 Å². The molecule has 0 amide bonds. The summed E-state index contributed by atoms with van der Waals surface area (Å²) in [4.78, 5) is 8.47. The van der Waals surface area contributed by atoms with E-state index >= 15 is 0 Å². The van der Waals surface area contributed by atoms with Crippen LogP contribution >= 0.6 is 40.4 Å². The molecule has 26 heavy (non-hydrogen) atoms. The maximum absolute atomic E-state index is 5.72. The van der Waals surface area contributed by atoms with Crippen LogP contribution in [0.2, 0.25) is 0 Å². The molecular weight excluding hydrogens is 426 g/mol. The van der Waals surface area contributed by atoms with Gasteiger partial charge < -0.3 is 14.7 Å². The van der Waals surface area contributed by atoms with Crippen LogP contribution in [0.3, 0.4) is 0 Å². The lowest BCUT2D eigenvalue weighted by Gasteiger charge is -2.37. The highest BCUT2D eigenvalue weighted by molar-refractivity contribution is 9.10. The van der Waals surface area contributed by atoms with Gasteiger partial charge in [-0.3, -0.25) is 0 Å². The van der Waals surface area contributed by atoms with E-state index < -0.39 is 0 Å². The molecule has 0 unspecified atom stereocenters. The van der Waals surface area contributed by atoms with Crippen molar-refractivity contribution in [2.24, 2.45) is 0 Å². The number of nitrogens with zero attached hydrogens (tertiary/aromatic N) is 3. The topological polar surface area (TPSA) is 9.72 Å². The van der Waals surface area contributed by atoms with Gasteiger partial charge in [-0.2, -0.15) is 0 Å². The average Bonchev–Trinajstić information content (AvgIpc) is 2.67. The molecule has 0 saturated carbocycles. The van der Waals surface area contributed by atoms with Crippen molar-refractivity contribution >= 4 is 56.0 Å². The predicted molar refractivity (Wildman–Crippen MR) is 121 cm³/mol. The van der Waals surface area contributed by atoms with Gasteiger partial charge in [0.05, 0.1) is 0 Å². The number of rotatable bonds is 3. The molecular formula is C20H22BrN3S2. The summed E-state index contributed by atoms with van der Waals surface area (Å²) in [5.74, 6) is 0. The maximum Gasteiger partial charge on any atom is 0.109 e. The molecule has 1 heterocycles. The Hall–Kier alpha value is -1.50. The van der Waals surface area contributed by atoms with Gasteiger partial charge in [0, 0.05) is 61.6 Å². The molecule has 0 N–H and O–H groups in total. The van der Waals surface area contributed by atoms with Crippen molar-refractivity contribution in [1.82, 2.24) is 9.80 Å². The minimum Gasteiger partial charge on any atom is -0.378 e. The molecule has 1 saturated heterocycles. The number of hydrogen-bond acceptors (Lipinski definition) is 3. The summed E-state index contributed by atoms with van der Waals surface area (Å²) in [6, 6.07) is 16.6. The lowest BCUT2D eigenvalue weighted by molar-refractivity contribution is 0.265. The second-order valence-corrected chi connectivity index (χ2v) is 8.23. The second kappa shape index (κ2) is 8.46. The Morgan fingerprint density at radius 3 is 1.88 bits per heavy atom. The van der Waals surface area contributed by atoms with Gasteiger partial charge in [0.1, 0.15) is 9.98 Å². The van der Waals surface area contributed by atoms with Crippen LogP contribution in [-0.2, 0) is 0 Å². The summed E-state index contributed by atoms with van der Waals surface area (Å²) in [5, 5.41) is 0. The molecule has 2 aromatic carbocycles. The van der Waals surface area contributed by atoms with E-state index in [1.807, 2.05) is 26.2 Å². The van der Waals surface area contributed by atoms with Gasteiger partial charge in [0.25, 0.3) is 0 Å². The first-order valence-corrected chi connectivity index (χ1v) is 10.2. The van der Waals surface area contributed by atoms with E-state index in [1.165, 1.54) is 5.69 Å². The van der Waals surface area contributed by atoms with Crippen LogP contribution in [0, 0.1) is 0 Å². The first kappa shape index (κ1) is 19.3. The number of benzene rings is 2. The Morgan fingerprint density at radius 2 is 1.38 bits per heavy atom. The van der Waals surface area contributed by atoms with E-state index in [0.29, 0.717) is 0 Å². The van der Waals surface area contributed by atoms with Crippen LogP contribution in [0.15, 0.2) is 53.0 Å². The molecule has 1 aliphatic heterocycles. The van der Waals surface area contributed by atoms with Crippen LogP contribution in [0.25, 0.3) is 0 Å². The zero-order chi connectivity index (χ0) is 18.7. The smallest absolute Gasteiger partial charge is 0.109 e. The summed E-state index contributed by atoms with van der Waals surface area (Å²) in [6.07, 6.45) is 0. The highest BCUT2D eigenvalue weighted by Gasteiger charge is 2.22. The molecule has 3 nitrogen and oxygen atoms in total. The van der Waals surface area contributed by atoms with Crippen molar-refractivity contribution in [3.63, 3.8) is 0 Å². The quantitative estimate of drug-likeness (QED) is 0.650. The second-order valence-electron chi connectivity index (χ2n) is 6.54. The third kappa shape index (κ3) is 4.42. The average molecular weight is 448 g/mol. The van der Waals surface area contributed by atoms with E-state index in [4.69, 9.17) is 24.4 Å². The fraction of sp³-hybridized carbons (Fsp3) is 0.300. The van der Waals surface area contributed by atoms with E-state index in [-0.39, 0.29) is 0 Å². The molecule has 1 aliphatic rings. The van der Waals surface area contributed by atoms with Gasteiger partial charge in [-0.05, 0) is 36.4 Å². The Labute approximate surface area is 174 Å². The number of anilines is 1. The van der Waals surface area contributed by atoms with Gasteiger partial charge >= 0.3 is 0 Å². The van der Waals surface area contributed by atoms with Crippen molar-refractivity contribution in [2.75, 3.05) is 45.2 Å². The van der Waals surface area contributed by atoms with Crippen LogP contribution in [-0.4, -0.2) is 60.1 Å². The monoisotopic (exact) mass is 447 g/mol. The summed E-state index contributed by atoms with van der Waals surface area (Å²) in [5.41, 5.74) is 3.37. The molecule has 2 aromatic rings. The SMILES string of the molecule is CN(C)c1ccc(C(=S)N2CCN(C(=S)c3cccc(Br)c3)CC2)cc1. The minimum atomic E-state index is 0.890. The van der Waals surface area contributed by atoms with Gasteiger partial charge in [-0.25, -0.2) is 0 Å². The number of thiocarbonyl (C=S) groups is 2. The number of halogens is 1. The minimum absolute atomic E-state index is 0.890. The summed E-state index contributed by atoms with van der Waals surface area (Å²) >= 11 is 14.9. The third-order valence-corrected chi connectivity index (χ3v) is 6.04. The molecule has 0 bridgehead atoms. The molecule has 0 atom stereocenters. The lowest BCUT2D eigenvalue weighted by atomic mass is 10.1. The van der Waals surface area contributed by atoms with Gasteiger partial charge in [0.15, 0.2) is 0 Å². The van der Waals surface area contributed by atoms with Crippen molar-refractivity contribution in [2.45, 2.75) is 0 Å². The molecule has 1 fully saturated rings. The molecule has 0 radical (unpaired) electrons. The zero-order valence-electron chi connectivity index (χ0n) is 15.0. The Balaban J connectivity index is 1.61. The summed E-state index contributed by atoms with van der Waals surface area (Å²) < 4.78 is 1.05. The van der Waals surface area contributed by atoms with E-state index in [0.717, 1.165) is 51.8 Å². The van der Waals surface area contributed by atoms with Crippen LogP contribution in [0.4, 0.5) is 5.69 Å². The van der Waals surface area contributed by atoms with Crippen molar-refractivity contribution in [3.05, 3.63) is 64.1 Å². The highest BCUT2D eigenvalue weighted by atomic mass is 79.9. The Bertz CT molecular complexity index is 797. The fourth-order valence-corrected chi connectivity index (χ4v) is 4.03. The van der Waals surface area contributed by atoms with Crippen LogP contribution in [0.5, 0.6) is 0 Å². The first-order valence-electron chi connectivity index (χ1n) is 8.57. The van der Waals surface area contributed by atoms with Gasteiger partial charge in [0.2, 0.25) is 0 Å². The molecule has 0 aliphatic carbocycles. The van der Waals surface area contributed by atoms with Crippen LogP contribution in [0.1, 0.15) is 11.1 Å². The van der Waals surface area contributed by atoms with E-state index in [1.54, 1.807) is 0 Å². The molecule has 0 aromatic heterocycles. The van der Waals surface area contributed by atoms with Crippen LogP contribution < -0.4 is 4.90 Å². The van der Waals surface area contributed by atoms with Crippen molar-refractivity contribution in [3.8, 4) is 0 Å². The summed E-state index contributed by atoms with van der Waals surface area (Å²) in [6.45, 7) is 3.56. The zero-order valence-corrected chi connectivity index (χ0v) is 18.2. The Kier molecular flexibility index (Phi) is 6.27. The molecule has 6 heteroatoms. The molecule has 136 valence electrons.